The average molecular weight is 242 g/mol. The number of pyridine rings is 1. The summed E-state index contributed by atoms with van der Waals surface area (Å²) in [4.78, 5) is 17.1. The molecule has 94 valence electrons. The molecule has 3 rings (SSSR count). The number of hydrogen-bond acceptors (Lipinski definition) is 2. The molecule has 1 N–H and O–H groups in total. The van der Waals surface area contributed by atoms with E-state index in [0.29, 0.717) is 5.92 Å². The lowest BCUT2D eigenvalue weighted by molar-refractivity contribution is 0.354. The Kier molecular flexibility index (Phi) is 2.92. The van der Waals surface area contributed by atoms with E-state index in [1.165, 1.54) is 12.0 Å². The van der Waals surface area contributed by atoms with Crippen molar-refractivity contribution >= 4 is 10.8 Å². The molecule has 1 unspecified atom stereocenters. The molecule has 3 heteroatoms. The molecule has 0 saturated carbocycles. The molecule has 0 amide bonds. The molecule has 0 spiro atoms. The normalized spacial score (nSPS) is 20.6. The van der Waals surface area contributed by atoms with Crippen LogP contribution in [0.1, 0.15) is 24.8 Å². The zero-order valence-corrected chi connectivity index (χ0v) is 10.6. The number of H-pyrrole nitrogens is 1. The zero-order chi connectivity index (χ0) is 12.5. The largest absolute Gasteiger partial charge is 0.328 e. The topological polar surface area (TPSA) is 36.1 Å². The van der Waals surface area contributed by atoms with Crippen LogP contribution in [-0.4, -0.2) is 29.5 Å². The third-order valence-electron chi connectivity index (χ3n) is 4.00. The van der Waals surface area contributed by atoms with Gasteiger partial charge < -0.3 is 9.88 Å². The Morgan fingerprint density at radius 2 is 2.11 bits per heavy atom. The number of aromatic nitrogens is 1. The Morgan fingerprint density at radius 3 is 2.83 bits per heavy atom. The first kappa shape index (κ1) is 11.5. The molecule has 0 aliphatic carbocycles. The lowest BCUT2D eigenvalue weighted by atomic mass is 9.95. The summed E-state index contributed by atoms with van der Waals surface area (Å²) in [6.07, 6.45) is 3.10. The lowest BCUT2D eigenvalue weighted by Gasteiger charge is -2.14. The molecular weight excluding hydrogens is 224 g/mol. The minimum absolute atomic E-state index is 0.0136. The number of benzene rings is 1. The Morgan fingerprint density at radius 1 is 1.33 bits per heavy atom. The van der Waals surface area contributed by atoms with Gasteiger partial charge in [-0.2, -0.15) is 0 Å². The van der Waals surface area contributed by atoms with Crippen LogP contribution in [0, 0.1) is 0 Å². The van der Waals surface area contributed by atoms with Crippen molar-refractivity contribution in [2.75, 3.05) is 19.6 Å². The van der Waals surface area contributed by atoms with Gasteiger partial charge in [0, 0.05) is 18.1 Å². The van der Waals surface area contributed by atoms with Crippen LogP contribution in [0.4, 0.5) is 0 Å². The number of likely N-dealkylation sites (N-methyl/N-ethyl adjacent to an activating group) is 1. The molecule has 1 saturated heterocycles. The van der Waals surface area contributed by atoms with Crippen LogP contribution in [0.25, 0.3) is 10.8 Å². The maximum Gasteiger partial charge on any atom is 0.255 e. The van der Waals surface area contributed by atoms with Crippen molar-refractivity contribution in [2.24, 2.45) is 0 Å². The summed E-state index contributed by atoms with van der Waals surface area (Å²) in [6.45, 7) is 5.58. The number of aromatic amines is 1. The summed E-state index contributed by atoms with van der Waals surface area (Å²) in [5.41, 5.74) is 1.31. The first-order valence-corrected chi connectivity index (χ1v) is 6.62. The van der Waals surface area contributed by atoms with E-state index in [-0.39, 0.29) is 5.56 Å². The van der Waals surface area contributed by atoms with E-state index in [9.17, 15) is 4.79 Å². The molecule has 1 aliphatic rings. The van der Waals surface area contributed by atoms with E-state index < -0.39 is 0 Å². The number of fused-ring (bicyclic) bond motifs is 1. The fourth-order valence-electron chi connectivity index (χ4n) is 2.94. The third-order valence-corrected chi connectivity index (χ3v) is 4.00. The smallest absolute Gasteiger partial charge is 0.255 e. The van der Waals surface area contributed by atoms with Crippen LogP contribution in [-0.2, 0) is 0 Å². The van der Waals surface area contributed by atoms with Gasteiger partial charge in [-0.25, -0.2) is 0 Å². The van der Waals surface area contributed by atoms with Crippen LogP contribution < -0.4 is 5.56 Å². The number of nitrogens with zero attached hydrogens (tertiary/aromatic N) is 1. The fraction of sp³-hybridized carbons (Fsp3) is 0.400. The summed E-state index contributed by atoms with van der Waals surface area (Å²) in [5.74, 6) is 0.548. The first-order chi connectivity index (χ1) is 8.79. The standard InChI is InChI=1S/C15H18N2O/c1-2-17-8-7-11(10-17)14-9-16-15(18)13-6-4-3-5-12(13)14/h3-6,9,11H,2,7-8,10H2,1H3,(H,16,18). The summed E-state index contributed by atoms with van der Waals surface area (Å²) in [7, 11) is 0. The van der Waals surface area contributed by atoms with E-state index in [2.05, 4.69) is 22.9 Å². The SMILES string of the molecule is CCN1CCC(c2c[nH]c(=O)c3ccccc23)C1. The van der Waals surface area contributed by atoms with Crippen molar-refractivity contribution < 1.29 is 0 Å². The van der Waals surface area contributed by atoms with Crippen LogP contribution >= 0.6 is 0 Å². The Bertz CT molecular complexity index is 617. The van der Waals surface area contributed by atoms with Gasteiger partial charge in [0.05, 0.1) is 0 Å². The maximum absolute atomic E-state index is 11.8. The van der Waals surface area contributed by atoms with Crippen LogP contribution in [0.3, 0.4) is 0 Å². The third kappa shape index (κ3) is 1.85. The van der Waals surface area contributed by atoms with Crippen molar-refractivity contribution in [3.8, 4) is 0 Å². The van der Waals surface area contributed by atoms with Crippen LogP contribution in [0.2, 0.25) is 0 Å². The number of likely N-dealkylation sites (tertiary alicyclic amines) is 1. The highest BCUT2D eigenvalue weighted by atomic mass is 16.1. The Hall–Kier alpha value is -1.61. The van der Waals surface area contributed by atoms with E-state index >= 15 is 0 Å². The van der Waals surface area contributed by atoms with E-state index in [0.717, 1.165) is 30.4 Å². The van der Waals surface area contributed by atoms with Gasteiger partial charge in [0.15, 0.2) is 0 Å². The molecule has 1 aliphatic heterocycles. The van der Waals surface area contributed by atoms with Gasteiger partial charge in [0.25, 0.3) is 5.56 Å². The van der Waals surface area contributed by atoms with Gasteiger partial charge in [-0.1, -0.05) is 25.1 Å². The van der Waals surface area contributed by atoms with Gasteiger partial charge in [0.2, 0.25) is 0 Å². The highest BCUT2D eigenvalue weighted by Crippen LogP contribution is 2.30. The second-order valence-corrected chi connectivity index (χ2v) is 5.00. The van der Waals surface area contributed by atoms with Crippen molar-refractivity contribution in [3.63, 3.8) is 0 Å². The summed E-state index contributed by atoms with van der Waals surface area (Å²) in [5, 5.41) is 1.93. The molecule has 2 heterocycles. The predicted molar refractivity (Wildman–Crippen MR) is 74.0 cm³/mol. The van der Waals surface area contributed by atoms with Crippen molar-refractivity contribution in [3.05, 3.63) is 46.4 Å². The van der Waals surface area contributed by atoms with Crippen molar-refractivity contribution in [1.29, 1.82) is 0 Å². The first-order valence-electron chi connectivity index (χ1n) is 6.62. The van der Waals surface area contributed by atoms with E-state index in [1.807, 2.05) is 24.4 Å². The monoisotopic (exact) mass is 242 g/mol. The van der Waals surface area contributed by atoms with Crippen molar-refractivity contribution in [2.45, 2.75) is 19.3 Å². The van der Waals surface area contributed by atoms with Gasteiger partial charge in [0.1, 0.15) is 0 Å². The minimum Gasteiger partial charge on any atom is -0.328 e. The summed E-state index contributed by atoms with van der Waals surface area (Å²) in [6, 6.07) is 7.91. The number of nitrogens with one attached hydrogen (secondary N) is 1. The summed E-state index contributed by atoms with van der Waals surface area (Å²) < 4.78 is 0. The zero-order valence-electron chi connectivity index (χ0n) is 10.6. The number of hydrogen-bond donors (Lipinski definition) is 1. The van der Waals surface area contributed by atoms with E-state index in [4.69, 9.17) is 0 Å². The van der Waals surface area contributed by atoms with Crippen molar-refractivity contribution in [1.82, 2.24) is 9.88 Å². The molecular formula is C15H18N2O. The summed E-state index contributed by atoms with van der Waals surface area (Å²) >= 11 is 0. The predicted octanol–water partition coefficient (Wildman–Crippen LogP) is 2.34. The van der Waals surface area contributed by atoms with Crippen LogP contribution in [0.5, 0.6) is 0 Å². The molecule has 2 aromatic rings. The fourth-order valence-corrected chi connectivity index (χ4v) is 2.94. The van der Waals surface area contributed by atoms with Gasteiger partial charge >= 0.3 is 0 Å². The Balaban J connectivity index is 2.08. The van der Waals surface area contributed by atoms with E-state index in [1.54, 1.807) is 0 Å². The maximum atomic E-state index is 11.8. The van der Waals surface area contributed by atoms with Gasteiger partial charge in [-0.05, 0) is 42.4 Å². The average Bonchev–Trinajstić information content (AvgIpc) is 2.88. The highest BCUT2D eigenvalue weighted by molar-refractivity contribution is 5.85. The minimum atomic E-state index is 0.0136. The second kappa shape index (κ2) is 4.58. The molecule has 1 fully saturated rings. The second-order valence-electron chi connectivity index (χ2n) is 5.00. The van der Waals surface area contributed by atoms with Crippen LogP contribution in [0.15, 0.2) is 35.3 Å². The number of rotatable bonds is 2. The molecule has 1 atom stereocenters. The lowest BCUT2D eigenvalue weighted by Crippen LogP contribution is -2.19. The molecule has 1 aromatic carbocycles. The molecule has 1 aromatic heterocycles. The molecule has 0 radical (unpaired) electrons. The molecule has 0 bridgehead atoms. The quantitative estimate of drug-likeness (QED) is 0.877. The molecule has 3 nitrogen and oxygen atoms in total. The highest BCUT2D eigenvalue weighted by Gasteiger charge is 2.24. The molecule has 18 heavy (non-hydrogen) atoms. The van der Waals surface area contributed by atoms with Gasteiger partial charge in [-0.3, -0.25) is 4.79 Å². The van der Waals surface area contributed by atoms with Gasteiger partial charge in [-0.15, -0.1) is 0 Å². The Labute approximate surface area is 106 Å².